The van der Waals surface area contributed by atoms with Crippen LogP contribution in [0.5, 0.6) is 5.75 Å². The summed E-state index contributed by atoms with van der Waals surface area (Å²) in [6.45, 7) is 5.94. The molecule has 0 N–H and O–H groups in total. The van der Waals surface area contributed by atoms with Gasteiger partial charge in [-0.25, -0.2) is 0 Å². The third-order valence-electron chi connectivity index (χ3n) is 4.98. The van der Waals surface area contributed by atoms with Crippen molar-refractivity contribution in [3.05, 3.63) is 63.1 Å². The van der Waals surface area contributed by atoms with Gasteiger partial charge >= 0.3 is 0 Å². The Morgan fingerprint density at radius 2 is 1.62 bits per heavy atom. The molecule has 0 unspecified atom stereocenters. The highest BCUT2D eigenvalue weighted by Gasteiger charge is 2.23. The van der Waals surface area contributed by atoms with Crippen LogP contribution in [0.3, 0.4) is 0 Å². The molecule has 2 aromatic rings. The summed E-state index contributed by atoms with van der Waals surface area (Å²) in [7, 11) is 0. The lowest BCUT2D eigenvalue weighted by atomic mass is 10.1. The molecule has 154 valence electrons. The van der Waals surface area contributed by atoms with Crippen LogP contribution >= 0.6 is 23.2 Å². The Bertz CT molecular complexity index is 894. The SMILES string of the molecule is Cc1cc(OCC(=O)N2CCCN(C(=O)c3cccc(Cl)c3)CC2)cc(C)c1Cl. The molecular formula is C22H24Cl2N2O3. The van der Waals surface area contributed by atoms with E-state index in [9.17, 15) is 9.59 Å². The quantitative estimate of drug-likeness (QED) is 0.717. The summed E-state index contributed by atoms with van der Waals surface area (Å²) in [6.07, 6.45) is 0.719. The first-order valence-corrected chi connectivity index (χ1v) is 10.3. The zero-order valence-corrected chi connectivity index (χ0v) is 18.1. The van der Waals surface area contributed by atoms with Gasteiger partial charge in [0.05, 0.1) is 0 Å². The number of benzene rings is 2. The van der Waals surface area contributed by atoms with E-state index in [4.69, 9.17) is 27.9 Å². The minimum atomic E-state index is -0.0905. The second-order valence-corrected chi connectivity index (χ2v) is 8.01. The molecule has 1 aliphatic heterocycles. The number of aryl methyl sites for hydroxylation is 2. The number of rotatable bonds is 4. The van der Waals surface area contributed by atoms with E-state index in [-0.39, 0.29) is 18.4 Å². The number of carbonyl (C=O) groups is 2. The number of amides is 2. The summed E-state index contributed by atoms with van der Waals surface area (Å²) in [5.74, 6) is 0.475. The Hall–Kier alpha value is -2.24. The summed E-state index contributed by atoms with van der Waals surface area (Å²) < 4.78 is 5.69. The van der Waals surface area contributed by atoms with Crippen LogP contribution in [0.2, 0.25) is 10.0 Å². The molecule has 1 saturated heterocycles. The fourth-order valence-corrected chi connectivity index (χ4v) is 3.70. The van der Waals surface area contributed by atoms with Gasteiger partial charge in [-0.2, -0.15) is 0 Å². The number of carbonyl (C=O) groups excluding carboxylic acids is 2. The van der Waals surface area contributed by atoms with E-state index >= 15 is 0 Å². The van der Waals surface area contributed by atoms with Crippen molar-refractivity contribution in [1.29, 1.82) is 0 Å². The molecule has 5 nitrogen and oxygen atoms in total. The van der Waals surface area contributed by atoms with Gasteiger partial charge in [0.2, 0.25) is 0 Å². The minimum Gasteiger partial charge on any atom is -0.484 e. The normalized spacial score (nSPS) is 14.5. The molecule has 0 spiro atoms. The summed E-state index contributed by atoms with van der Waals surface area (Å²) >= 11 is 12.2. The second-order valence-electron chi connectivity index (χ2n) is 7.20. The third kappa shape index (κ3) is 5.43. The van der Waals surface area contributed by atoms with Crippen LogP contribution in [0, 0.1) is 13.8 Å². The second kappa shape index (κ2) is 9.51. The number of halogens is 2. The first-order valence-electron chi connectivity index (χ1n) is 9.57. The van der Waals surface area contributed by atoms with Gasteiger partial charge in [-0.15, -0.1) is 0 Å². The van der Waals surface area contributed by atoms with Gasteiger partial charge in [-0.05, 0) is 61.7 Å². The number of ether oxygens (including phenoxy) is 1. The topological polar surface area (TPSA) is 49.9 Å². The fourth-order valence-electron chi connectivity index (χ4n) is 3.40. The Morgan fingerprint density at radius 3 is 2.31 bits per heavy atom. The molecule has 0 bridgehead atoms. The number of hydrogen-bond acceptors (Lipinski definition) is 3. The van der Waals surface area contributed by atoms with E-state index in [1.54, 1.807) is 34.1 Å². The third-order valence-corrected chi connectivity index (χ3v) is 5.81. The highest BCUT2D eigenvalue weighted by Crippen LogP contribution is 2.26. The molecular weight excluding hydrogens is 411 g/mol. The van der Waals surface area contributed by atoms with Gasteiger partial charge in [0, 0.05) is 41.8 Å². The molecule has 0 aliphatic carbocycles. The number of nitrogens with zero attached hydrogens (tertiary/aromatic N) is 2. The predicted octanol–water partition coefficient (Wildman–Crippen LogP) is 4.36. The molecule has 0 atom stereocenters. The Balaban J connectivity index is 1.56. The van der Waals surface area contributed by atoms with Crippen molar-refractivity contribution in [3.63, 3.8) is 0 Å². The van der Waals surface area contributed by atoms with Crippen molar-refractivity contribution in [3.8, 4) is 5.75 Å². The largest absolute Gasteiger partial charge is 0.484 e. The van der Waals surface area contributed by atoms with Crippen LogP contribution in [0.4, 0.5) is 0 Å². The van der Waals surface area contributed by atoms with E-state index in [1.807, 2.05) is 26.0 Å². The van der Waals surface area contributed by atoms with Crippen molar-refractivity contribution >= 4 is 35.0 Å². The number of hydrogen-bond donors (Lipinski definition) is 0. The molecule has 2 aromatic carbocycles. The molecule has 0 radical (unpaired) electrons. The van der Waals surface area contributed by atoms with E-state index in [2.05, 4.69) is 0 Å². The van der Waals surface area contributed by atoms with Gasteiger partial charge in [-0.3, -0.25) is 9.59 Å². The van der Waals surface area contributed by atoms with Crippen LogP contribution in [0.1, 0.15) is 27.9 Å². The van der Waals surface area contributed by atoms with Gasteiger partial charge in [0.15, 0.2) is 6.61 Å². The van der Waals surface area contributed by atoms with Crippen molar-refractivity contribution in [1.82, 2.24) is 9.80 Å². The van der Waals surface area contributed by atoms with Crippen LogP contribution in [-0.2, 0) is 4.79 Å². The van der Waals surface area contributed by atoms with Crippen LogP contribution in [-0.4, -0.2) is 54.4 Å². The fraction of sp³-hybridized carbons (Fsp3) is 0.364. The molecule has 0 aromatic heterocycles. The van der Waals surface area contributed by atoms with E-state index < -0.39 is 0 Å². The van der Waals surface area contributed by atoms with Gasteiger partial charge in [0.25, 0.3) is 11.8 Å². The van der Waals surface area contributed by atoms with Crippen molar-refractivity contribution in [2.45, 2.75) is 20.3 Å². The van der Waals surface area contributed by atoms with Gasteiger partial charge < -0.3 is 14.5 Å². The Labute approximate surface area is 181 Å². The average molecular weight is 435 g/mol. The van der Waals surface area contributed by atoms with Gasteiger partial charge in [-0.1, -0.05) is 29.3 Å². The molecule has 29 heavy (non-hydrogen) atoms. The maximum absolute atomic E-state index is 12.7. The predicted molar refractivity (Wildman–Crippen MR) is 115 cm³/mol. The average Bonchev–Trinajstić information content (AvgIpc) is 2.96. The van der Waals surface area contributed by atoms with Crippen LogP contribution < -0.4 is 4.74 Å². The van der Waals surface area contributed by atoms with Crippen molar-refractivity contribution in [2.75, 3.05) is 32.8 Å². The molecule has 1 fully saturated rings. The van der Waals surface area contributed by atoms with Crippen LogP contribution in [0.15, 0.2) is 36.4 Å². The maximum atomic E-state index is 12.7. The summed E-state index contributed by atoms with van der Waals surface area (Å²) in [5.41, 5.74) is 2.40. The smallest absolute Gasteiger partial charge is 0.260 e. The molecule has 7 heteroatoms. The highest BCUT2D eigenvalue weighted by atomic mass is 35.5. The van der Waals surface area contributed by atoms with E-state index in [1.165, 1.54) is 0 Å². The highest BCUT2D eigenvalue weighted by molar-refractivity contribution is 6.32. The zero-order valence-electron chi connectivity index (χ0n) is 16.6. The van der Waals surface area contributed by atoms with Crippen LogP contribution in [0.25, 0.3) is 0 Å². The lowest BCUT2D eigenvalue weighted by Gasteiger charge is -2.22. The first kappa shape index (κ1) is 21.5. The van der Waals surface area contributed by atoms with E-state index in [0.29, 0.717) is 47.5 Å². The molecule has 1 aliphatic rings. The maximum Gasteiger partial charge on any atom is 0.260 e. The monoisotopic (exact) mass is 434 g/mol. The molecule has 1 heterocycles. The summed E-state index contributed by atoms with van der Waals surface area (Å²) in [6, 6.07) is 10.6. The standard InChI is InChI=1S/C22H24Cl2N2O3/c1-15-11-19(12-16(2)21(15)24)29-14-20(27)25-7-4-8-26(10-9-25)22(28)17-5-3-6-18(23)13-17/h3,5-6,11-13H,4,7-10,14H2,1-2H3. The Kier molecular flexibility index (Phi) is 7.04. The minimum absolute atomic E-state index is 0.0389. The molecule has 2 amide bonds. The first-order chi connectivity index (χ1) is 13.8. The van der Waals surface area contributed by atoms with E-state index in [0.717, 1.165) is 17.5 Å². The lowest BCUT2D eigenvalue weighted by molar-refractivity contribution is -0.133. The summed E-state index contributed by atoms with van der Waals surface area (Å²) in [4.78, 5) is 28.8. The van der Waals surface area contributed by atoms with Gasteiger partial charge in [0.1, 0.15) is 5.75 Å². The Morgan fingerprint density at radius 1 is 0.966 bits per heavy atom. The van der Waals surface area contributed by atoms with Crippen molar-refractivity contribution in [2.24, 2.45) is 0 Å². The molecule has 3 rings (SSSR count). The summed E-state index contributed by atoms with van der Waals surface area (Å²) in [5, 5.41) is 1.24. The lowest BCUT2D eigenvalue weighted by Crippen LogP contribution is -2.39. The molecule has 0 saturated carbocycles. The van der Waals surface area contributed by atoms with Crippen molar-refractivity contribution < 1.29 is 14.3 Å². The zero-order chi connectivity index (χ0) is 21.0.